The van der Waals surface area contributed by atoms with Gasteiger partial charge in [-0.1, -0.05) is 181 Å². The molecule has 2 N–H and O–H groups in total. The van der Waals surface area contributed by atoms with Crippen LogP contribution in [0.5, 0.6) is 23.0 Å². The third-order valence-corrected chi connectivity index (χ3v) is 17.4. The molecule has 4 atom stereocenters. The van der Waals surface area contributed by atoms with Crippen molar-refractivity contribution < 1.29 is 18.9 Å². The first kappa shape index (κ1) is 61.2. The molecule has 0 radical (unpaired) electrons. The van der Waals surface area contributed by atoms with E-state index in [-0.39, 0.29) is 0 Å². The van der Waals surface area contributed by atoms with Crippen molar-refractivity contribution in [2.45, 2.75) is 158 Å². The lowest BCUT2D eigenvalue weighted by Gasteiger charge is -2.16. The number of nitrogens with zero attached hydrogens (tertiary/aromatic N) is 2. The summed E-state index contributed by atoms with van der Waals surface area (Å²) in [5, 5.41) is 0. The maximum atomic E-state index is 6.48. The molecule has 0 aliphatic carbocycles. The zero-order valence-corrected chi connectivity index (χ0v) is 51.8. The van der Waals surface area contributed by atoms with E-state index in [1.54, 1.807) is 0 Å². The first-order valence-electron chi connectivity index (χ1n) is 32.3. The summed E-state index contributed by atoms with van der Waals surface area (Å²) in [4.78, 5) is 19.2. The largest absolute Gasteiger partial charge is 0.493 e. The molecule has 4 aromatic carbocycles. The molecule has 9 rings (SSSR count). The summed E-state index contributed by atoms with van der Waals surface area (Å²) >= 11 is 0. The predicted molar refractivity (Wildman–Crippen MR) is 356 cm³/mol. The molecule has 7 aromatic rings. The first-order valence-corrected chi connectivity index (χ1v) is 32.3. The Hall–Kier alpha value is -7.32. The number of H-pyrrole nitrogens is 2. The van der Waals surface area contributed by atoms with E-state index in [0.717, 1.165) is 138 Å². The Bertz CT molecular complexity index is 3240. The molecule has 442 valence electrons. The molecular formula is C76H94N4O4. The monoisotopic (exact) mass is 1130 g/mol. The second kappa shape index (κ2) is 31.0. The van der Waals surface area contributed by atoms with Gasteiger partial charge in [-0.25, -0.2) is 9.97 Å². The van der Waals surface area contributed by atoms with Crippen LogP contribution in [0.25, 0.3) is 90.9 Å². The Labute approximate surface area is 502 Å². The molecule has 3 aromatic heterocycles. The van der Waals surface area contributed by atoms with E-state index in [9.17, 15) is 0 Å². The van der Waals surface area contributed by atoms with Gasteiger partial charge in [-0.15, -0.1) is 0 Å². The van der Waals surface area contributed by atoms with Gasteiger partial charge in [0.1, 0.15) is 23.0 Å². The smallest absolute Gasteiger partial charge is 0.119 e. The van der Waals surface area contributed by atoms with Crippen molar-refractivity contribution >= 4 is 46.4 Å². The Balaban J connectivity index is 1.24. The summed E-state index contributed by atoms with van der Waals surface area (Å²) in [6.45, 7) is 21.0. The number of aromatic nitrogens is 4. The van der Waals surface area contributed by atoms with E-state index in [1.807, 2.05) is 0 Å². The molecule has 0 fully saturated rings. The second-order valence-electron chi connectivity index (χ2n) is 23.5. The van der Waals surface area contributed by atoms with Crippen molar-refractivity contribution in [3.05, 3.63) is 144 Å². The molecule has 5 heterocycles. The fraction of sp³-hybridized carbons (Fsp3) is 0.421. The van der Waals surface area contributed by atoms with Gasteiger partial charge < -0.3 is 28.9 Å². The van der Waals surface area contributed by atoms with Gasteiger partial charge >= 0.3 is 0 Å². The van der Waals surface area contributed by atoms with Crippen molar-refractivity contribution in [1.29, 1.82) is 0 Å². The Morgan fingerprint density at radius 3 is 0.798 bits per heavy atom. The lowest BCUT2D eigenvalue weighted by atomic mass is 10.0. The number of aromatic amines is 2. The van der Waals surface area contributed by atoms with Crippen LogP contribution in [-0.4, -0.2) is 46.4 Å². The normalized spacial score (nSPS) is 13.4. The van der Waals surface area contributed by atoms with E-state index in [1.165, 1.54) is 77.0 Å². The van der Waals surface area contributed by atoms with Gasteiger partial charge in [0.2, 0.25) is 0 Å². The standard InChI is InChI=1S/C76H94N4O4/c1-9-17-21-53(13-5)49-81-61-33-25-57(26-34-61)73-65-41-43-67(77-65)74(58-27-35-62(36-28-58)82-50-54(14-6)22-18-10-2)69-45-47-71(79-69)76(60-31-39-64(40-32-60)84-52-56(16-8)24-20-12-4)72-48-46-70(80-72)75(68-44-42-66(73)78-68)59-29-37-63(38-30-59)83-51-55(15-7)23-19-11-3/h25-48,53-56,77-78H,9-24,49-52H2,1-8H3. The average molecular weight is 1130 g/mol. The van der Waals surface area contributed by atoms with Crippen molar-refractivity contribution in [3.63, 3.8) is 0 Å². The third kappa shape index (κ3) is 15.7. The van der Waals surface area contributed by atoms with Crippen molar-refractivity contribution in [2.75, 3.05) is 26.4 Å². The van der Waals surface area contributed by atoms with E-state index in [0.29, 0.717) is 50.1 Å². The molecule has 8 nitrogen and oxygen atoms in total. The Kier molecular flexibility index (Phi) is 22.6. The van der Waals surface area contributed by atoms with Crippen LogP contribution in [0.3, 0.4) is 0 Å². The van der Waals surface area contributed by atoms with E-state index < -0.39 is 0 Å². The Morgan fingerprint density at radius 2 is 0.536 bits per heavy atom. The fourth-order valence-corrected chi connectivity index (χ4v) is 11.7. The predicted octanol–water partition coefficient (Wildman–Crippen LogP) is 21.7. The second-order valence-corrected chi connectivity index (χ2v) is 23.5. The van der Waals surface area contributed by atoms with E-state index >= 15 is 0 Å². The van der Waals surface area contributed by atoms with Crippen LogP contribution in [0.1, 0.15) is 181 Å². The summed E-state index contributed by atoms with van der Waals surface area (Å²) in [5.41, 5.74) is 15.3. The van der Waals surface area contributed by atoms with Crippen molar-refractivity contribution in [2.24, 2.45) is 23.7 Å². The third-order valence-electron chi connectivity index (χ3n) is 17.4. The molecule has 8 heteroatoms. The summed E-state index contributed by atoms with van der Waals surface area (Å²) in [6, 6.07) is 43.2. The fourth-order valence-electron chi connectivity index (χ4n) is 11.7. The van der Waals surface area contributed by atoms with Gasteiger partial charge in [-0.2, -0.15) is 0 Å². The number of rotatable bonds is 32. The van der Waals surface area contributed by atoms with E-state index in [2.05, 4.69) is 211 Å². The van der Waals surface area contributed by atoms with Gasteiger partial charge in [-0.05, 0) is 169 Å². The molecule has 84 heavy (non-hydrogen) atoms. The topological polar surface area (TPSA) is 94.3 Å². The van der Waals surface area contributed by atoms with Crippen molar-refractivity contribution in [1.82, 2.24) is 19.9 Å². The molecule has 0 saturated carbocycles. The van der Waals surface area contributed by atoms with Crippen LogP contribution in [0.15, 0.2) is 121 Å². The van der Waals surface area contributed by atoms with Gasteiger partial charge in [0, 0.05) is 44.3 Å². The number of hydrogen-bond donors (Lipinski definition) is 2. The minimum Gasteiger partial charge on any atom is -0.493 e. The van der Waals surface area contributed by atoms with Crippen LogP contribution in [0.2, 0.25) is 0 Å². The van der Waals surface area contributed by atoms with Crippen LogP contribution >= 0.6 is 0 Å². The number of fused-ring (bicyclic) bond motifs is 8. The van der Waals surface area contributed by atoms with Crippen LogP contribution < -0.4 is 18.9 Å². The maximum absolute atomic E-state index is 6.48. The molecular weight excluding hydrogens is 1030 g/mol. The minimum absolute atomic E-state index is 0.531. The zero-order chi connectivity index (χ0) is 58.6. The summed E-state index contributed by atoms with van der Waals surface area (Å²) < 4.78 is 25.9. The number of benzene rings is 4. The highest BCUT2D eigenvalue weighted by atomic mass is 16.5. The molecule has 0 saturated heterocycles. The lowest BCUT2D eigenvalue weighted by molar-refractivity contribution is 0.233. The summed E-state index contributed by atoms with van der Waals surface area (Å²) in [6.07, 6.45) is 27.4. The molecule has 8 bridgehead atoms. The molecule has 2 aliphatic rings. The number of ether oxygens (including phenoxy) is 4. The summed E-state index contributed by atoms with van der Waals surface area (Å²) in [5.74, 6) is 5.63. The van der Waals surface area contributed by atoms with Gasteiger partial charge in [0.25, 0.3) is 0 Å². The SMILES string of the molecule is CCCCC(CC)COc1ccc(-c2c3nc(c(-c4ccc(OCC(CC)CCCC)cc4)c4ccc([nH]4)c(-c4ccc(OCC(CC)CCCC)cc4)c4ccc([nH]4)c(-c4ccc(OCC(CC)CCCC)cc4)c4nc2C=C4)C=C3)cc1. The van der Waals surface area contributed by atoms with Gasteiger partial charge in [0.05, 0.1) is 49.2 Å². The minimum atomic E-state index is 0.531. The first-order chi connectivity index (χ1) is 41.3. The maximum Gasteiger partial charge on any atom is 0.119 e. The molecule has 0 spiro atoms. The highest BCUT2D eigenvalue weighted by Gasteiger charge is 2.21. The summed E-state index contributed by atoms with van der Waals surface area (Å²) in [7, 11) is 0. The molecule has 0 amide bonds. The number of hydrogen-bond acceptors (Lipinski definition) is 6. The number of nitrogens with one attached hydrogen (secondary N) is 2. The van der Waals surface area contributed by atoms with Crippen LogP contribution in [0, 0.1) is 23.7 Å². The quantitative estimate of drug-likeness (QED) is 0.0436. The lowest BCUT2D eigenvalue weighted by Crippen LogP contribution is -2.11. The van der Waals surface area contributed by atoms with Crippen LogP contribution in [0.4, 0.5) is 0 Å². The Morgan fingerprint density at radius 1 is 0.298 bits per heavy atom. The van der Waals surface area contributed by atoms with E-state index in [4.69, 9.17) is 28.9 Å². The molecule has 4 unspecified atom stereocenters. The highest BCUT2D eigenvalue weighted by molar-refractivity contribution is 6.00. The number of unbranched alkanes of at least 4 members (excludes halogenated alkanes) is 4. The molecule has 2 aliphatic heterocycles. The van der Waals surface area contributed by atoms with Crippen LogP contribution in [-0.2, 0) is 0 Å². The average Bonchev–Trinajstić information content (AvgIpc) is 3.49. The highest BCUT2D eigenvalue weighted by Crippen LogP contribution is 2.40. The van der Waals surface area contributed by atoms with Gasteiger partial charge in [-0.3, -0.25) is 0 Å². The van der Waals surface area contributed by atoms with Gasteiger partial charge in [0.15, 0.2) is 0 Å². The zero-order valence-electron chi connectivity index (χ0n) is 51.8. The van der Waals surface area contributed by atoms with Crippen molar-refractivity contribution in [3.8, 4) is 67.5 Å².